The summed E-state index contributed by atoms with van der Waals surface area (Å²) in [5.74, 6) is 0.685. The predicted molar refractivity (Wildman–Crippen MR) is 63.0 cm³/mol. The van der Waals surface area contributed by atoms with E-state index >= 15 is 0 Å². The van der Waals surface area contributed by atoms with Crippen LogP contribution in [0.15, 0.2) is 24.3 Å². The minimum absolute atomic E-state index is 0.154. The molecular formula is C14H20O. The molecule has 0 aromatic heterocycles. The standard InChI is InChI=1S/C14H20O/c1-11(15)9-10-13-7-4-6-12-5-2-3-8-14(12)13/h2-3,5,8,11,13,15H,4,6-7,9-10H2,1H3/t11-,13?/m1/s1. The van der Waals surface area contributed by atoms with Crippen molar-refractivity contribution in [3.63, 3.8) is 0 Å². The third-order valence-corrected chi connectivity index (χ3v) is 3.43. The average Bonchev–Trinajstić information content (AvgIpc) is 2.26. The van der Waals surface area contributed by atoms with E-state index in [2.05, 4.69) is 24.3 Å². The van der Waals surface area contributed by atoms with Crippen LogP contribution in [0.3, 0.4) is 0 Å². The number of hydrogen-bond donors (Lipinski definition) is 1. The van der Waals surface area contributed by atoms with Crippen LogP contribution in [0.2, 0.25) is 0 Å². The molecule has 0 saturated carbocycles. The maximum atomic E-state index is 9.33. The third kappa shape index (κ3) is 2.60. The lowest BCUT2D eigenvalue weighted by atomic mass is 9.80. The SMILES string of the molecule is C[C@@H](O)CCC1CCCc2ccccc21. The van der Waals surface area contributed by atoms with Crippen LogP contribution in [0, 0.1) is 0 Å². The first-order valence-electron chi connectivity index (χ1n) is 6.03. The first-order valence-corrected chi connectivity index (χ1v) is 6.03. The van der Waals surface area contributed by atoms with Crippen molar-refractivity contribution in [3.8, 4) is 0 Å². The monoisotopic (exact) mass is 204 g/mol. The summed E-state index contributed by atoms with van der Waals surface area (Å²) < 4.78 is 0. The van der Waals surface area contributed by atoms with Crippen molar-refractivity contribution in [2.45, 2.75) is 51.0 Å². The van der Waals surface area contributed by atoms with Gasteiger partial charge in [-0.15, -0.1) is 0 Å². The van der Waals surface area contributed by atoms with Crippen LogP contribution < -0.4 is 0 Å². The minimum atomic E-state index is -0.154. The van der Waals surface area contributed by atoms with Crippen LogP contribution in [0.25, 0.3) is 0 Å². The summed E-state index contributed by atoms with van der Waals surface area (Å²) in [7, 11) is 0. The molecule has 1 aliphatic rings. The molecule has 1 aliphatic carbocycles. The van der Waals surface area contributed by atoms with Crippen LogP contribution in [0.4, 0.5) is 0 Å². The first kappa shape index (κ1) is 10.7. The second-order valence-corrected chi connectivity index (χ2v) is 4.71. The summed E-state index contributed by atoms with van der Waals surface area (Å²) in [4.78, 5) is 0. The van der Waals surface area contributed by atoms with E-state index in [9.17, 15) is 5.11 Å². The van der Waals surface area contributed by atoms with E-state index in [4.69, 9.17) is 0 Å². The Morgan fingerprint density at radius 3 is 3.00 bits per heavy atom. The van der Waals surface area contributed by atoms with E-state index in [0.29, 0.717) is 5.92 Å². The first-order chi connectivity index (χ1) is 7.27. The highest BCUT2D eigenvalue weighted by molar-refractivity contribution is 5.32. The Hall–Kier alpha value is -0.820. The van der Waals surface area contributed by atoms with Gasteiger partial charge in [0.15, 0.2) is 0 Å². The topological polar surface area (TPSA) is 20.2 Å². The van der Waals surface area contributed by atoms with Gasteiger partial charge in [0.25, 0.3) is 0 Å². The summed E-state index contributed by atoms with van der Waals surface area (Å²) in [6.45, 7) is 1.88. The molecule has 15 heavy (non-hydrogen) atoms. The Morgan fingerprint density at radius 1 is 1.40 bits per heavy atom. The van der Waals surface area contributed by atoms with Gasteiger partial charge < -0.3 is 5.11 Å². The van der Waals surface area contributed by atoms with Crippen molar-refractivity contribution < 1.29 is 5.11 Å². The van der Waals surface area contributed by atoms with Crippen LogP contribution in [-0.4, -0.2) is 11.2 Å². The second kappa shape index (κ2) is 4.80. The molecule has 0 aliphatic heterocycles. The zero-order valence-corrected chi connectivity index (χ0v) is 9.45. The predicted octanol–water partition coefficient (Wildman–Crippen LogP) is 3.27. The number of hydrogen-bond acceptors (Lipinski definition) is 1. The lowest BCUT2D eigenvalue weighted by Crippen LogP contribution is -2.11. The molecule has 0 heterocycles. The molecule has 0 bridgehead atoms. The van der Waals surface area contributed by atoms with Crippen molar-refractivity contribution in [2.24, 2.45) is 0 Å². The van der Waals surface area contributed by atoms with Crippen LogP contribution >= 0.6 is 0 Å². The van der Waals surface area contributed by atoms with Crippen LogP contribution in [0.1, 0.15) is 49.7 Å². The molecule has 1 aromatic rings. The Labute approximate surface area is 92.1 Å². The lowest BCUT2D eigenvalue weighted by Gasteiger charge is -2.25. The third-order valence-electron chi connectivity index (χ3n) is 3.43. The Bertz CT molecular complexity index is 317. The summed E-state index contributed by atoms with van der Waals surface area (Å²) in [6, 6.07) is 8.79. The molecule has 1 aromatic carbocycles. The Kier molecular flexibility index (Phi) is 3.42. The van der Waals surface area contributed by atoms with Gasteiger partial charge in [-0.25, -0.2) is 0 Å². The molecule has 0 fully saturated rings. The molecule has 0 spiro atoms. The maximum Gasteiger partial charge on any atom is 0.0512 e. The van der Waals surface area contributed by atoms with Crippen LogP contribution in [0.5, 0.6) is 0 Å². The summed E-state index contributed by atoms with van der Waals surface area (Å²) >= 11 is 0. The van der Waals surface area contributed by atoms with E-state index < -0.39 is 0 Å². The maximum absolute atomic E-state index is 9.33. The largest absolute Gasteiger partial charge is 0.393 e. The highest BCUT2D eigenvalue weighted by atomic mass is 16.3. The quantitative estimate of drug-likeness (QED) is 0.801. The normalized spacial score (nSPS) is 22.1. The molecular weight excluding hydrogens is 184 g/mol. The molecule has 1 nitrogen and oxygen atoms in total. The van der Waals surface area contributed by atoms with Crippen molar-refractivity contribution in [1.29, 1.82) is 0 Å². The summed E-state index contributed by atoms with van der Waals surface area (Å²) in [6.07, 6.45) is 5.75. The number of aliphatic hydroxyl groups is 1. The summed E-state index contributed by atoms with van der Waals surface area (Å²) in [5.41, 5.74) is 3.06. The fourth-order valence-corrected chi connectivity index (χ4v) is 2.60. The van der Waals surface area contributed by atoms with Gasteiger partial charge in [-0.1, -0.05) is 24.3 Å². The zero-order chi connectivity index (χ0) is 10.7. The second-order valence-electron chi connectivity index (χ2n) is 4.71. The highest BCUT2D eigenvalue weighted by Crippen LogP contribution is 2.34. The van der Waals surface area contributed by atoms with E-state index in [1.54, 1.807) is 0 Å². The van der Waals surface area contributed by atoms with Gasteiger partial charge in [-0.05, 0) is 56.1 Å². The van der Waals surface area contributed by atoms with Crippen LogP contribution in [-0.2, 0) is 6.42 Å². The molecule has 2 rings (SSSR count). The number of benzene rings is 1. The molecule has 82 valence electrons. The van der Waals surface area contributed by atoms with Gasteiger partial charge in [0, 0.05) is 0 Å². The van der Waals surface area contributed by atoms with Gasteiger partial charge in [0.1, 0.15) is 0 Å². The smallest absolute Gasteiger partial charge is 0.0512 e. The van der Waals surface area contributed by atoms with Gasteiger partial charge in [0.2, 0.25) is 0 Å². The zero-order valence-electron chi connectivity index (χ0n) is 9.45. The van der Waals surface area contributed by atoms with Gasteiger partial charge in [-0.2, -0.15) is 0 Å². The van der Waals surface area contributed by atoms with Crippen molar-refractivity contribution in [3.05, 3.63) is 35.4 Å². The lowest BCUT2D eigenvalue weighted by molar-refractivity contribution is 0.177. The number of fused-ring (bicyclic) bond motifs is 1. The molecule has 2 atom stereocenters. The molecule has 1 heteroatoms. The van der Waals surface area contributed by atoms with Crippen molar-refractivity contribution in [1.82, 2.24) is 0 Å². The molecule has 0 amide bonds. The fourth-order valence-electron chi connectivity index (χ4n) is 2.60. The average molecular weight is 204 g/mol. The van der Waals surface area contributed by atoms with Gasteiger partial charge in [0.05, 0.1) is 6.10 Å². The highest BCUT2D eigenvalue weighted by Gasteiger charge is 2.19. The van der Waals surface area contributed by atoms with E-state index in [1.165, 1.54) is 30.4 Å². The van der Waals surface area contributed by atoms with Crippen molar-refractivity contribution >= 4 is 0 Å². The molecule has 0 radical (unpaired) electrons. The van der Waals surface area contributed by atoms with E-state index in [-0.39, 0.29) is 6.10 Å². The Morgan fingerprint density at radius 2 is 2.20 bits per heavy atom. The van der Waals surface area contributed by atoms with E-state index in [1.807, 2.05) is 6.92 Å². The molecule has 1 unspecified atom stereocenters. The van der Waals surface area contributed by atoms with Crippen molar-refractivity contribution in [2.75, 3.05) is 0 Å². The van der Waals surface area contributed by atoms with E-state index in [0.717, 1.165) is 12.8 Å². The number of rotatable bonds is 3. The number of aryl methyl sites for hydroxylation is 1. The van der Waals surface area contributed by atoms with Gasteiger partial charge in [-0.3, -0.25) is 0 Å². The minimum Gasteiger partial charge on any atom is -0.393 e. The number of aliphatic hydroxyl groups excluding tert-OH is 1. The molecule has 1 N–H and O–H groups in total. The fraction of sp³-hybridized carbons (Fsp3) is 0.571. The summed E-state index contributed by atoms with van der Waals surface area (Å²) in [5, 5.41) is 9.33. The Balaban J connectivity index is 2.08. The molecule has 0 saturated heterocycles. The van der Waals surface area contributed by atoms with Gasteiger partial charge >= 0.3 is 0 Å².